The molecule has 1 aliphatic heterocycles. The van der Waals surface area contributed by atoms with Crippen LogP contribution >= 0.6 is 0 Å². The summed E-state index contributed by atoms with van der Waals surface area (Å²) in [5.74, 6) is -0.0234. The molecular weight excluding hydrogens is 240 g/mol. The molecule has 8 nitrogen and oxygen atoms in total. The number of furan rings is 1. The molecule has 8 heteroatoms. The third-order valence-electron chi connectivity index (χ3n) is 2.02. The first-order valence-corrected chi connectivity index (χ1v) is 5.07. The van der Waals surface area contributed by atoms with Crippen LogP contribution in [-0.4, -0.2) is 35.6 Å². The van der Waals surface area contributed by atoms with E-state index in [2.05, 4.69) is 15.7 Å². The number of nitrogens with zero attached hydrogens (tertiary/aromatic N) is 2. The smallest absolute Gasteiger partial charge is 0.344 e. The summed E-state index contributed by atoms with van der Waals surface area (Å²) in [6, 6.07) is 2.55. The fourth-order valence-corrected chi connectivity index (χ4v) is 1.31. The Balaban J connectivity index is 2.01. The van der Waals surface area contributed by atoms with Crippen LogP contribution in [0.5, 0.6) is 0 Å². The first-order valence-electron chi connectivity index (χ1n) is 5.07. The molecule has 1 aliphatic rings. The van der Waals surface area contributed by atoms with Gasteiger partial charge in [-0.3, -0.25) is 20.2 Å². The van der Waals surface area contributed by atoms with E-state index in [1.807, 2.05) is 0 Å². The number of hydrazone groups is 1. The van der Waals surface area contributed by atoms with Gasteiger partial charge < -0.3 is 4.42 Å². The van der Waals surface area contributed by atoms with E-state index >= 15 is 0 Å². The van der Waals surface area contributed by atoms with Crippen molar-refractivity contribution in [2.24, 2.45) is 5.10 Å². The first kappa shape index (κ1) is 11.8. The predicted molar refractivity (Wildman–Crippen MR) is 60.9 cm³/mol. The zero-order chi connectivity index (χ0) is 13.1. The Morgan fingerprint density at radius 3 is 2.94 bits per heavy atom. The van der Waals surface area contributed by atoms with Crippen molar-refractivity contribution in [3.8, 4) is 0 Å². The minimum atomic E-state index is -0.579. The van der Waals surface area contributed by atoms with Gasteiger partial charge in [-0.15, -0.1) is 0 Å². The normalized spacial score (nSPS) is 15.3. The molecule has 0 unspecified atom stereocenters. The SMILES string of the molecule is CC(=O)Nc1ccc(/C=N/N2CC(=O)NC2=O)o1. The predicted octanol–water partition coefficient (Wildman–Crippen LogP) is 0.124. The summed E-state index contributed by atoms with van der Waals surface area (Å²) in [5.41, 5.74) is 0. The number of amides is 4. The summed E-state index contributed by atoms with van der Waals surface area (Å²) in [6.45, 7) is 1.24. The molecule has 4 amide bonds. The van der Waals surface area contributed by atoms with Crippen LogP contribution in [0.25, 0.3) is 0 Å². The van der Waals surface area contributed by atoms with Gasteiger partial charge in [0.2, 0.25) is 11.8 Å². The minimum absolute atomic E-state index is 0.116. The Morgan fingerprint density at radius 2 is 2.33 bits per heavy atom. The molecule has 1 aromatic rings. The highest BCUT2D eigenvalue weighted by Gasteiger charge is 2.25. The van der Waals surface area contributed by atoms with Crippen LogP contribution in [0.2, 0.25) is 0 Å². The van der Waals surface area contributed by atoms with Crippen LogP contribution in [0.1, 0.15) is 12.7 Å². The topological polar surface area (TPSA) is 104 Å². The zero-order valence-corrected chi connectivity index (χ0v) is 9.47. The maximum Gasteiger partial charge on any atom is 0.344 e. The Bertz CT molecular complexity index is 534. The van der Waals surface area contributed by atoms with Crippen molar-refractivity contribution in [3.63, 3.8) is 0 Å². The number of carbonyl (C=O) groups excluding carboxylic acids is 3. The van der Waals surface area contributed by atoms with Crippen molar-refractivity contribution >= 4 is 29.9 Å². The number of nitrogens with one attached hydrogen (secondary N) is 2. The van der Waals surface area contributed by atoms with Gasteiger partial charge in [0.05, 0.1) is 6.21 Å². The van der Waals surface area contributed by atoms with E-state index in [1.165, 1.54) is 13.1 Å². The highest BCUT2D eigenvalue weighted by atomic mass is 16.4. The van der Waals surface area contributed by atoms with Crippen LogP contribution in [0.4, 0.5) is 10.7 Å². The maximum atomic E-state index is 11.1. The third-order valence-corrected chi connectivity index (χ3v) is 2.02. The molecule has 2 heterocycles. The number of hydrogen-bond donors (Lipinski definition) is 2. The molecule has 1 fully saturated rings. The molecule has 0 aliphatic carbocycles. The van der Waals surface area contributed by atoms with Gasteiger partial charge in [0.15, 0.2) is 5.88 Å². The van der Waals surface area contributed by atoms with E-state index < -0.39 is 11.9 Å². The summed E-state index contributed by atoms with van der Waals surface area (Å²) >= 11 is 0. The van der Waals surface area contributed by atoms with Gasteiger partial charge in [0.25, 0.3) is 0 Å². The number of hydrogen-bond acceptors (Lipinski definition) is 5. The van der Waals surface area contributed by atoms with Gasteiger partial charge in [0, 0.05) is 13.0 Å². The molecule has 2 N–H and O–H groups in total. The molecule has 0 bridgehead atoms. The second-order valence-electron chi connectivity index (χ2n) is 3.54. The zero-order valence-electron chi connectivity index (χ0n) is 9.47. The Labute approximate surface area is 102 Å². The van der Waals surface area contributed by atoms with Crippen molar-refractivity contribution in [1.82, 2.24) is 10.3 Å². The van der Waals surface area contributed by atoms with Crippen molar-refractivity contribution in [2.45, 2.75) is 6.92 Å². The summed E-state index contributed by atoms with van der Waals surface area (Å²) in [4.78, 5) is 32.8. The quantitative estimate of drug-likeness (QED) is 0.587. The summed E-state index contributed by atoms with van der Waals surface area (Å²) in [6.07, 6.45) is 1.28. The molecule has 1 aromatic heterocycles. The van der Waals surface area contributed by atoms with E-state index in [9.17, 15) is 14.4 Å². The van der Waals surface area contributed by atoms with Crippen LogP contribution in [-0.2, 0) is 9.59 Å². The van der Waals surface area contributed by atoms with E-state index in [1.54, 1.807) is 12.1 Å². The monoisotopic (exact) mass is 250 g/mol. The highest BCUT2D eigenvalue weighted by Crippen LogP contribution is 2.11. The molecule has 94 valence electrons. The van der Waals surface area contributed by atoms with Crippen LogP contribution < -0.4 is 10.6 Å². The molecule has 0 atom stereocenters. The lowest BCUT2D eigenvalue weighted by atomic mass is 10.5. The molecule has 2 rings (SSSR count). The Morgan fingerprint density at radius 1 is 1.56 bits per heavy atom. The maximum absolute atomic E-state index is 11.1. The summed E-state index contributed by atoms with van der Waals surface area (Å²) < 4.78 is 5.19. The number of imide groups is 1. The van der Waals surface area contributed by atoms with Gasteiger partial charge in [-0.1, -0.05) is 0 Å². The fraction of sp³-hybridized carbons (Fsp3) is 0.200. The average molecular weight is 250 g/mol. The second-order valence-corrected chi connectivity index (χ2v) is 3.54. The van der Waals surface area contributed by atoms with Gasteiger partial charge in [-0.25, -0.2) is 9.80 Å². The van der Waals surface area contributed by atoms with E-state index in [0.717, 1.165) is 5.01 Å². The lowest BCUT2D eigenvalue weighted by Crippen LogP contribution is -2.24. The highest BCUT2D eigenvalue weighted by molar-refractivity contribution is 6.02. The second kappa shape index (κ2) is 4.70. The standard InChI is InChI=1S/C10H10N4O4/c1-6(15)12-9-3-2-7(18-9)4-11-14-5-8(16)13-10(14)17/h2-4H,5H2,1H3,(H,12,15)(H,13,16,17)/b11-4+. The lowest BCUT2D eigenvalue weighted by molar-refractivity contribution is -0.118. The molecule has 0 spiro atoms. The lowest BCUT2D eigenvalue weighted by Gasteiger charge is -2.02. The number of rotatable bonds is 3. The summed E-state index contributed by atoms with van der Waals surface area (Å²) in [7, 11) is 0. The van der Waals surface area contributed by atoms with Gasteiger partial charge in [-0.05, 0) is 6.07 Å². The molecule has 0 radical (unpaired) electrons. The number of carbonyl (C=O) groups is 3. The largest absolute Gasteiger partial charge is 0.439 e. The number of urea groups is 1. The van der Waals surface area contributed by atoms with E-state index in [4.69, 9.17) is 4.42 Å². The van der Waals surface area contributed by atoms with E-state index in [-0.39, 0.29) is 18.3 Å². The Hall–Kier alpha value is -2.64. The fourth-order valence-electron chi connectivity index (χ4n) is 1.31. The van der Waals surface area contributed by atoms with Crippen LogP contribution in [0.3, 0.4) is 0 Å². The Kier molecular flexibility index (Phi) is 3.09. The van der Waals surface area contributed by atoms with E-state index in [0.29, 0.717) is 5.76 Å². The van der Waals surface area contributed by atoms with Gasteiger partial charge in [0.1, 0.15) is 12.3 Å². The average Bonchev–Trinajstić information content (AvgIpc) is 2.82. The van der Waals surface area contributed by atoms with Gasteiger partial charge in [-0.2, -0.15) is 5.10 Å². The van der Waals surface area contributed by atoms with Crippen LogP contribution in [0.15, 0.2) is 21.7 Å². The molecule has 18 heavy (non-hydrogen) atoms. The molecule has 1 saturated heterocycles. The molecule has 0 saturated carbocycles. The van der Waals surface area contributed by atoms with Crippen LogP contribution in [0, 0.1) is 0 Å². The molecule has 0 aromatic carbocycles. The summed E-state index contributed by atoms with van der Waals surface area (Å²) in [5, 5.41) is 9.30. The van der Waals surface area contributed by atoms with Crippen molar-refractivity contribution in [2.75, 3.05) is 11.9 Å². The minimum Gasteiger partial charge on any atom is -0.439 e. The third kappa shape index (κ3) is 2.73. The van der Waals surface area contributed by atoms with Crippen molar-refractivity contribution in [3.05, 3.63) is 17.9 Å². The first-order chi connectivity index (χ1) is 8.54. The van der Waals surface area contributed by atoms with Gasteiger partial charge >= 0.3 is 6.03 Å². The van der Waals surface area contributed by atoms with Crippen molar-refractivity contribution < 1.29 is 18.8 Å². The van der Waals surface area contributed by atoms with Crippen molar-refractivity contribution in [1.29, 1.82) is 0 Å². The molecular formula is C10H10N4O4. The number of anilines is 1.